The fourth-order valence-electron chi connectivity index (χ4n) is 2.76. The van der Waals surface area contributed by atoms with Crippen LogP contribution in [-0.2, 0) is 11.0 Å². The lowest BCUT2D eigenvalue weighted by Crippen LogP contribution is -2.51. The highest BCUT2D eigenvalue weighted by Gasteiger charge is 2.37. The molecule has 6 heteroatoms. The molecule has 3 rings (SSSR count). The van der Waals surface area contributed by atoms with Crippen LogP contribution in [0.3, 0.4) is 0 Å². The van der Waals surface area contributed by atoms with E-state index in [2.05, 4.69) is 38.8 Å². The summed E-state index contributed by atoms with van der Waals surface area (Å²) in [6, 6.07) is 9.18. The van der Waals surface area contributed by atoms with Crippen LogP contribution in [-0.4, -0.2) is 37.6 Å². The van der Waals surface area contributed by atoms with Gasteiger partial charge in [0.25, 0.3) is 0 Å². The van der Waals surface area contributed by atoms with E-state index in [0.29, 0.717) is 24.2 Å². The molecule has 0 saturated carbocycles. The summed E-state index contributed by atoms with van der Waals surface area (Å²) in [5.41, 5.74) is 1.85. The van der Waals surface area contributed by atoms with Gasteiger partial charge in [0.2, 0.25) is 0 Å². The van der Waals surface area contributed by atoms with Crippen molar-refractivity contribution in [1.29, 1.82) is 0 Å². The normalized spacial score (nSPS) is 15.7. The Balaban J connectivity index is 1.77. The number of nitrogens with zero attached hydrogens (tertiary/aromatic N) is 2. The second-order valence-corrected chi connectivity index (χ2v) is 13.6. The minimum atomic E-state index is -1.94. The maximum absolute atomic E-state index is 15.1. The van der Waals surface area contributed by atoms with Gasteiger partial charge >= 0.3 is 0 Å². The number of β-amino-alcohol motifs (C(OH)–C–C–N with tert-alkyl or cyclic N) is 1. The fourth-order valence-corrected chi connectivity index (χ4v) is 3.71. The van der Waals surface area contributed by atoms with Crippen molar-refractivity contribution in [2.45, 2.75) is 51.6 Å². The Bertz CT molecular complexity index is 797. The molecule has 2 heterocycles. The van der Waals surface area contributed by atoms with E-state index in [0.717, 1.165) is 11.4 Å². The molecule has 27 heavy (non-hydrogen) atoms. The zero-order valence-electron chi connectivity index (χ0n) is 16.8. The van der Waals surface area contributed by atoms with Gasteiger partial charge in [0.1, 0.15) is 11.6 Å². The smallest absolute Gasteiger partial charge is 0.192 e. The molecule has 146 valence electrons. The first-order chi connectivity index (χ1) is 12.6. The van der Waals surface area contributed by atoms with Crippen LogP contribution in [0.1, 0.15) is 26.3 Å². The van der Waals surface area contributed by atoms with Crippen molar-refractivity contribution in [3.8, 4) is 11.1 Å². The first kappa shape index (κ1) is 20.0. The lowest BCUT2D eigenvalue weighted by Gasteiger charge is -2.36. The highest BCUT2D eigenvalue weighted by atomic mass is 28.4. The minimum Gasteiger partial charge on any atom is -0.412 e. The molecule has 0 radical (unpaired) electrons. The molecule has 1 fully saturated rings. The predicted molar refractivity (Wildman–Crippen MR) is 110 cm³/mol. The molecule has 0 bridgehead atoms. The highest BCUT2D eigenvalue weighted by molar-refractivity contribution is 6.74. The lowest BCUT2D eigenvalue weighted by atomic mass is 10.0. The number of pyridine rings is 1. The molecule has 1 aliphatic heterocycles. The Hall–Kier alpha value is -1.76. The van der Waals surface area contributed by atoms with Crippen LogP contribution in [0.25, 0.3) is 11.1 Å². The van der Waals surface area contributed by atoms with E-state index < -0.39 is 8.32 Å². The van der Waals surface area contributed by atoms with Crippen molar-refractivity contribution in [2.75, 3.05) is 18.0 Å². The van der Waals surface area contributed by atoms with Crippen LogP contribution in [0.4, 0.5) is 10.2 Å². The van der Waals surface area contributed by atoms with Gasteiger partial charge in [0, 0.05) is 36.0 Å². The maximum atomic E-state index is 15.1. The minimum absolute atomic E-state index is 0.0886. The Morgan fingerprint density at radius 1 is 1.22 bits per heavy atom. The van der Waals surface area contributed by atoms with Gasteiger partial charge < -0.3 is 14.4 Å². The van der Waals surface area contributed by atoms with Crippen molar-refractivity contribution in [2.24, 2.45) is 0 Å². The average molecular weight is 389 g/mol. The predicted octanol–water partition coefficient (Wildman–Crippen LogP) is 4.59. The molecule has 4 nitrogen and oxygen atoms in total. The second-order valence-electron chi connectivity index (χ2n) is 8.79. The summed E-state index contributed by atoms with van der Waals surface area (Å²) >= 11 is 0. The highest BCUT2D eigenvalue weighted by Crippen LogP contribution is 2.37. The Morgan fingerprint density at radius 3 is 2.48 bits per heavy atom. The van der Waals surface area contributed by atoms with Gasteiger partial charge in [-0.1, -0.05) is 39.0 Å². The summed E-state index contributed by atoms with van der Waals surface area (Å²) in [4.78, 5) is 6.42. The number of benzene rings is 1. The standard InChI is InChI=1S/C21H29FN2O2Si/c1-21(2,3)27(4,5)26-14-16-7-6-8-18(20(16)22)15-9-10-19(23-11-15)24-12-17(25)13-24/h6-11,17,25H,12-14H2,1-5H3. The summed E-state index contributed by atoms with van der Waals surface area (Å²) in [6.07, 6.45) is 1.42. The average Bonchev–Trinajstić information content (AvgIpc) is 2.57. The third-order valence-electron chi connectivity index (χ3n) is 5.72. The van der Waals surface area contributed by atoms with Gasteiger partial charge in [-0.3, -0.25) is 0 Å². The molecule has 0 spiro atoms. The number of hydrogen-bond donors (Lipinski definition) is 1. The maximum Gasteiger partial charge on any atom is 0.192 e. The van der Waals surface area contributed by atoms with Gasteiger partial charge in [0.05, 0.1) is 12.7 Å². The Labute approximate surface area is 162 Å². The molecule has 0 aliphatic carbocycles. The summed E-state index contributed by atoms with van der Waals surface area (Å²) in [6.45, 7) is 12.4. The summed E-state index contributed by atoms with van der Waals surface area (Å²) in [5, 5.41) is 9.50. The molecule has 1 aromatic carbocycles. The topological polar surface area (TPSA) is 45.6 Å². The van der Waals surface area contributed by atoms with Crippen molar-refractivity contribution >= 4 is 14.1 Å². The molecule has 1 aliphatic rings. The van der Waals surface area contributed by atoms with Gasteiger partial charge in [-0.2, -0.15) is 0 Å². The number of anilines is 1. The van der Waals surface area contributed by atoms with E-state index in [1.54, 1.807) is 18.3 Å². The van der Waals surface area contributed by atoms with E-state index in [4.69, 9.17) is 4.43 Å². The van der Waals surface area contributed by atoms with Crippen LogP contribution < -0.4 is 4.90 Å². The number of aliphatic hydroxyl groups excluding tert-OH is 1. The number of rotatable bonds is 5. The molecule has 1 N–H and O–H groups in total. The molecule has 2 aromatic rings. The van der Waals surface area contributed by atoms with Gasteiger partial charge in [-0.05, 0) is 30.3 Å². The van der Waals surface area contributed by atoms with E-state index >= 15 is 4.39 Å². The molecule has 0 atom stereocenters. The number of aromatic nitrogens is 1. The molecule has 1 saturated heterocycles. The molecule has 1 aromatic heterocycles. The van der Waals surface area contributed by atoms with Crippen LogP contribution in [0.2, 0.25) is 18.1 Å². The van der Waals surface area contributed by atoms with Crippen LogP contribution in [0, 0.1) is 5.82 Å². The lowest BCUT2D eigenvalue weighted by molar-refractivity contribution is 0.141. The largest absolute Gasteiger partial charge is 0.412 e. The summed E-state index contributed by atoms with van der Waals surface area (Å²) in [7, 11) is -1.94. The molecular formula is C21H29FN2O2Si. The third kappa shape index (κ3) is 4.23. The molecule has 0 amide bonds. The monoisotopic (exact) mass is 388 g/mol. The van der Waals surface area contributed by atoms with Gasteiger partial charge in [-0.25, -0.2) is 9.37 Å². The quantitative estimate of drug-likeness (QED) is 0.761. The number of hydrogen-bond acceptors (Lipinski definition) is 4. The van der Waals surface area contributed by atoms with E-state index in [1.807, 2.05) is 23.1 Å². The van der Waals surface area contributed by atoms with Crippen LogP contribution >= 0.6 is 0 Å². The summed E-state index contributed by atoms with van der Waals surface area (Å²) in [5.74, 6) is 0.562. The number of halogens is 1. The van der Waals surface area contributed by atoms with Crippen LogP contribution in [0.15, 0.2) is 36.5 Å². The fraction of sp³-hybridized carbons (Fsp3) is 0.476. The van der Waals surface area contributed by atoms with Crippen molar-refractivity contribution in [3.63, 3.8) is 0 Å². The zero-order chi connectivity index (χ0) is 19.8. The van der Waals surface area contributed by atoms with E-state index in [-0.39, 0.29) is 23.6 Å². The van der Waals surface area contributed by atoms with Gasteiger partial charge in [-0.15, -0.1) is 0 Å². The Kier molecular flexibility index (Phi) is 5.43. The van der Waals surface area contributed by atoms with Crippen LogP contribution in [0.5, 0.6) is 0 Å². The molecule has 0 unspecified atom stereocenters. The van der Waals surface area contributed by atoms with E-state index in [1.165, 1.54) is 0 Å². The third-order valence-corrected chi connectivity index (χ3v) is 10.2. The van der Waals surface area contributed by atoms with Crippen molar-refractivity contribution in [3.05, 3.63) is 47.9 Å². The number of aliphatic hydroxyl groups is 1. The SMILES string of the molecule is CC(C)(C)[Si](C)(C)OCc1cccc(-c2ccc(N3CC(O)C3)nc2)c1F. The second kappa shape index (κ2) is 7.34. The van der Waals surface area contributed by atoms with Crippen molar-refractivity contribution in [1.82, 2.24) is 4.98 Å². The zero-order valence-corrected chi connectivity index (χ0v) is 17.8. The van der Waals surface area contributed by atoms with Gasteiger partial charge in [0.15, 0.2) is 8.32 Å². The first-order valence-electron chi connectivity index (χ1n) is 9.39. The first-order valence-corrected chi connectivity index (χ1v) is 12.3. The summed E-state index contributed by atoms with van der Waals surface area (Å²) < 4.78 is 21.3. The Morgan fingerprint density at radius 2 is 1.93 bits per heavy atom. The molecular weight excluding hydrogens is 359 g/mol. The van der Waals surface area contributed by atoms with Crippen molar-refractivity contribution < 1.29 is 13.9 Å². The van der Waals surface area contributed by atoms with E-state index in [9.17, 15) is 5.11 Å².